The predicted octanol–water partition coefficient (Wildman–Crippen LogP) is 1.27. The van der Waals surface area contributed by atoms with Crippen molar-refractivity contribution in [1.29, 1.82) is 0 Å². The molecule has 0 aromatic heterocycles. The summed E-state index contributed by atoms with van der Waals surface area (Å²) in [4.78, 5) is 12.2. The molecule has 2 aromatic rings. The molecule has 128 valence electrons. The van der Waals surface area contributed by atoms with E-state index in [0.29, 0.717) is 9.20 Å². The number of sulfonamides is 1. The Balaban J connectivity index is 2.08. The first-order valence-electron chi connectivity index (χ1n) is 6.66. The van der Waals surface area contributed by atoms with Crippen molar-refractivity contribution in [2.45, 2.75) is 11.3 Å². The molecular weight excluding hydrogens is 447 g/mol. The van der Waals surface area contributed by atoms with Gasteiger partial charge in [-0.25, -0.2) is 13.6 Å². The van der Waals surface area contributed by atoms with E-state index in [2.05, 4.69) is 5.32 Å². The number of carbonyl (C=O) groups excluding carboxylic acids is 1. The third-order valence-corrected chi connectivity index (χ3v) is 5.47. The zero-order valence-corrected chi connectivity index (χ0v) is 15.3. The number of rotatable bonds is 5. The molecule has 0 unspecified atom stereocenters. The molecule has 2 rings (SSSR count). The third-order valence-electron chi connectivity index (χ3n) is 3.08. The summed E-state index contributed by atoms with van der Waals surface area (Å²) in [5.41, 5.74) is 1.18. The quantitative estimate of drug-likeness (QED) is 0.498. The molecule has 0 saturated carbocycles. The zero-order valence-electron chi connectivity index (χ0n) is 12.3. The van der Waals surface area contributed by atoms with Crippen LogP contribution in [0.15, 0.2) is 53.4 Å². The number of aromatic hydroxyl groups is 1. The Morgan fingerprint density at radius 2 is 1.67 bits per heavy atom. The molecule has 7 nitrogen and oxygen atoms in total. The van der Waals surface area contributed by atoms with Gasteiger partial charge >= 0.3 is 0 Å². The highest BCUT2D eigenvalue weighted by molar-refractivity contribution is 14.2. The second kappa shape index (κ2) is 7.83. The number of hydrogen-bond donors (Lipinski definition) is 4. The van der Waals surface area contributed by atoms with Gasteiger partial charge in [-0.2, -0.15) is 0 Å². The average Bonchev–Trinajstić information content (AvgIpc) is 2.54. The minimum atomic E-state index is -3.79. The first-order valence-corrected chi connectivity index (χ1v) is 10.2. The summed E-state index contributed by atoms with van der Waals surface area (Å²) in [6.45, 7) is 0. The molecule has 0 radical (unpaired) electrons. The van der Waals surface area contributed by atoms with E-state index in [4.69, 9.17) is 5.14 Å². The molecule has 1 amide bonds. The number of anilines is 1. The van der Waals surface area contributed by atoms with Crippen LogP contribution in [0.1, 0.15) is 5.56 Å². The Kier molecular flexibility index (Phi) is 6.04. The first-order chi connectivity index (χ1) is 11.3. The topological polar surface area (TPSA) is 130 Å². The van der Waals surface area contributed by atoms with Gasteiger partial charge in [-0.3, -0.25) is 4.79 Å². The van der Waals surface area contributed by atoms with E-state index < -0.39 is 37.1 Å². The summed E-state index contributed by atoms with van der Waals surface area (Å²) in [6, 6.07) is 11.8. The van der Waals surface area contributed by atoms with Gasteiger partial charge in [-0.05, 0) is 42.0 Å². The number of phenolic OH excluding ortho intramolecular Hbond substituents is 1. The summed E-state index contributed by atoms with van der Waals surface area (Å²) >= 11 is -1.43. The van der Waals surface area contributed by atoms with Crippen molar-refractivity contribution in [3.63, 3.8) is 0 Å². The number of halogens is 1. The Labute approximate surface area is 149 Å². The lowest BCUT2D eigenvalue weighted by molar-refractivity contribution is -0.110. The number of nitrogens with two attached hydrogens (primary N) is 1. The van der Waals surface area contributed by atoms with Gasteiger partial charge in [0.05, 0.1) is 8.40 Å². The van der Waals surface area contributed by atoms with Crippen LogP contribution in [0.4, 0.5) is 5.69 Å². The van der Waals surface area contributed by atoms with Gasteiger partial charge in [-0.15, -0.1) is 0 Å². The number of phenols is 1. The van der Waals surface area contributed by atoms with Gasteiger partial charge in [0.15, 0.2) is 0 Å². The fraction of sp³-hybridized carbons (Fsp3) is 0.0667. The molecule has 0 heterocycles. The highest BCUT2D eigenvalue weighted by Crippen LogP contribution is 2.15. The molecule has 9 heteroatoms. The molecule has 0 fully saturated rings. The number of primary sulfonamides is 1. The maximum atomic E-state index is 12.2. The number of nitrogens with one attached hydrogen (secondary N) is 1. The Bertz CT molecular complexity index is 862. The third kappa shape index (κ3) is 5.09. The number of amides is 1. The smallest absolute Gasteiger partial charge is 0.259 e. The van der Waals surface area contributed by atoms with Crippen LogP contribution in [0.5, 0.6) is 5.75 Å². The molecule has 0 spiro atoms. The van der Waals surface area contributed by atoms with Gasteiger partial charge in [0.25, 0.3) is 5.91 Å². The zero-order chi connectivity index (χ0) is 17.7. The molecule has 0 aliphatic carbocycles. The summed E-state index contributed by atoms with van der Waals surface area (Å²) in [5.74, 6) is -0.305. The standard InChI is InChI=1S/C15H15IN2O5S/c17-24(22,23)13-7-3-11(4-8-13)18-15(20)14(16-21)9-10-1-5-12(19)6-2-10/h1-8,19,21H,9H2,(H,18,20)(H2,17,22,23). The van der Waals surface area contributed by atoms with Gasteiger partial charge in [0.1, 0.15) is 5.75 Å². The molecule has 0 aliphatic rings. The number of carbonyl (C=O) groups is 1. The lowest BCUT2D eigenvalue weighted by Crippen LogP contribution is -2.23. The van der Waals surface area contributed by atoms with Crippen molar-refractivity contribution in [1.82, 2.24) is 0 Å². The van der Waals surface area contributed by atoms with Crippen molar-refractivity contribution >= 4 is 46.3 Å². The van der Waals surface area contributed by atoms with Crippen LogP contribution in [0.3, 0.4) is 0 Å². The van der Waals surface area contributed by atoms with Crippen LogP contribution in [-0.4, -0.2) is 26.4 Å². The molecule has 24 heavy (non-hydrogen) atoms. The summed E-state index contributed by atoms with van der Waals surface area (Å²) < 4.78 is 32.2. The minimum absolute atomic E-state index is 0.0524. The predicted molar refractivity (Wildman–Crippen MR) is 99.5 cm³/mol. The highest BCUT2D eigenvalue weighted by atomic mass is 127. The average molecular weight is 462 g/mol. The SMILES string of the molecule is NS(=O)(=O)c1ccc(NC(=O)C(Cc2ccc(O)cc2)=IO)cc1. The summed E-state index contributed by atoms with van der Waals surface area (Å²) in [5, 5.41) is 16.9. The molecule has 0 aliphatic heterocycles. The second-order valence-electron chi connectivity index (χ2n) is 4.86. The maximum Gasteiger partial charge on any atom is 0.259 e. The number of hydrogen-bond acceptors (Lipinski definition) is 5. The molecule has 0 saturated heterocycles. The lowest BCUT2D eigenvalue weighted by Gasteiger charge is -2.08. The van der Waals surface area contributed by atoms with Crippen LogP contribution >= 0.6 is 21.1 Å². The van der Waals surface area contributed by atoms with Crippen LogP contribution in [-0.2, 0) is 21.2 Å². The second-order valence-corrected chi connectivity index (χ2v) is 8.20. The Morgan fingerprint density at radius 3 is 2.17 bits per heavy atom. The van der Waals surface area contributed by atoms with Gasteiger partial charge in [0, 0.05) is 33.3 Å². The van der Waals surface area contributed by atoms with Crippen molar-refractivity contribution in [2.75, 3.05) is 5.32 Å². The van der Waals surface area contributed by atoms with Crippen LogP contribution < -0.4 is 10.5 Å². The molecular formula is C15H15IN2O5S. The fourth-order valence-electron chi connectivity index (χ4n) is 1.87. The Morgan fingerprint density at radius 1 is 1.08 bits per heavy atom. The first kappa shape index (κ1) is 18.5. The van der Waals surface area contributed by atoms with Crippen molar-refractivity contribution in [2.24, 2.45) is 5.14 Å². The van der Waals surface area contributed by atoms with Gasteiger partial charge in [-0.1, -0.05) is 12.1 Å². The number of benzene rings is 2. The van der Waals surface area contributed by atoms with Crippen LogP contribution in [0, 0.1) is 0 Å². The van der Waals surface area contributed by atoms with Crippen molar-refractivity contribution in [3.05, 3.63) is 54.1 Å². The van der Waals surface area contributed by atoms with Gasteiger partial charge < -0.3 is 13.9 Å². The molecule has 2 aromatic carbocycles. The van der Waals surface area contributed by atoms with E-state index in [1.165, 1.54) is 36.4 Å². The van der Waals surface area contributed by atoms with Crippen molar-refractivity contribution in [3.8, 4) is 5.75 Å². The highest BCUT2D eigenvalue weighted by Gasteiger charge is 2.13. The molecule has 0 bridgehead atoms. The van der Waals surface area contributed by atoms with E-state index >= 15 is 0 Å². The van der Waals surface area contributed by atoms with E-state index in [-0.39, 0.29) is 17.1 Å². The Hall–Kier alpha value is -1.82. The van der Waals surface area contributed by atoms with Crippen LogP contribution in [0.25, 0.3) is 0 Å². The van der Waals surface area contributed by atoms with E-state index in [1.807, 2.05) is 0 Å². The van der Waals surface area contributed by atoms with E-state index in [1.54, 1.807) is 12.1 Å². The van der Waals surface area contributed by atoms with Gasteiger partial charge in [0.2, 0.25) is 10.0 Å². The molecule has 0 atom stereocenters. The summed E-state index contributed by atoms with van der Waals surface area (Å²) in [7, 11) is -3.79. The van der Waals surface area contributed by atoms with Crippen LogP contribution in [0.2, 0.25) is 0 Å². The molecule has 5 N–H and O–H groups in total. The minimum Gasteiger partial charge on any atom is -0.508 e. The largest absolute Gasteiger partial charge is 0.508 e. The van der Waals surface area contributed by atoms with Crippen molar-refractivity contribution < 1.29 is 21.8 Å². The normalized spacial score (nSPS) is 12.3. The summed E-state index contributed by atoms with van der Waals surface area (Å²) in [6.07, 6.45) is 0.269. The lowest BCUT2D eigenvalue weighted by atomic mass is 10.1. The van der Waals surface area contributed by atoms with E-state index in [9.17, 15) is 21.8 Å². The van der Waals surface area contributed by atoms with E-state index in [0.717, 1.165) is 5.56 Å². The monoisotopic (exact) mass is 462 g/mol. The maximum absolute atomic E-state index is 12.2. The fourth-order valence-corrected chi connectivity index (χ4v) is 3.35.